The minimum absolute atomic E-state index is 0.421. The normalized spacial score (nSPS) is 22.7. The van der Waals surface area contributed by atoms with Crippen LogP contribution in [0.4, 0.5) is 0 Å². The van der Waals surface area contributed by atoms with Crippen LogP contribution in [0.5, 0.6) is 0 Å². The number of halogens is 1. The van der Waals surface area contributed by atoms with Crippen molar-refractivity contribution in [2.24, 2.45) is 5.92 Å². The first-order chi connectivity index (χ1) is 9.20. The molecule has 0 radical (unpaired) electrons. The predicted molar refractivity (Wildman–Crippen MR) is 80.4 cm³/mol. The zero-order valence-electron chi connectivity index (χ0n) is 11.2. The van der Waals surface area contributed by atoms with Gasteiger partial charge in [0.25, 0.3) is 0 Å². The second-order valence-corrected chi connectivity index (χ2v) is 6.28. The van der Waals surface area contributed by atoms with Crippen LogP contribution in [-0.4, -0.2) is 28.9 Å². The minimum Gasteiger partial charge on any atom is -0.302 e. The van der Waals surface area contributed by atoms with Crippen LogP contribution >= 0.6 is 11.6 Å². The summed E-state index contributed by atoms with van der Waals surface area (Å²) in [5.74, 6) is 0.787. The first-order valence-corrected chi connectivity index (χ1v) is 7.30. The van der Waals surface area contributed by atoms with E-state index in [1.165, 1.54) is 23.8 Å². The second-order valence-electron chi connectivity index (χ2n) is 5.66. The lowest BCUT2D eigenvalue weighted by atomic mass is 9.84. The Morgan fingerprint density at radius 1 is 1.32 bits per heavy atom. The molecule has 0 unspecified atom stereocenters. The van der Waals surface area contributed by atoms with Crippen molar-refractivity contribution in [3.8, 4) is 0 Å². The summed E-state index contributed by atoms with van der Waals surface area (Å²) in [6, 6.07) is 10.6. The standard InChI is InChI=1S/C16H19ClN2/c1-19(11-13-8-15(17)9-13)10-12-4-5-16-14(7-12)3-2-6-18-16/h2-7,13,15H,8-11H2,1H3. The van der Waals surface area contributed by atoms with Crippen molar-refractivity contribution in [3.05, 3.63) is 42.1 Å². The van der Waals surface area contributed by atoms with E-state index in [1.807, 2.05) is 12.3 Å². The summed E-state index contributed by atoms with van der Waals surface area (Å²) in [6.45, 7) is 2.14. The highest BCUT2D eigenvalue weighted by Crippen LogP contribution is 2.32. The Morgan fingerprint density at radius 3 is 2.95 bits per heavy atom. The Morgan fingerprint density at radius 2 is 2.16 bits per heavy atom. The van der Waals surface area contributed by atoms with E-state index in [-0.39, 0.29) is 0 Å². The highest BCUT2D eigenvalue weighted by molar-refractivity contribution is 6.21. The number of nitrogens with zero attached hydrogens (tertiary/aromatic N) is 2. The first-order valence-electron chi connectivity index (χ1n) is 6.87. The van der Waals surface area contributed by atoms with Crippen LogP contribution in [0.2, 0.25) is 0 Å². The van der Waals surface area contributed by atoms with Crippen LogP contribution in [0.25, 0.3) is 10.9 Å². The number of alkyl halides is 1. The van der Waals surface area contributed by atoms with Gasteiger partial charge < -0.3 is 4.90 Å². The van der Waals surface area contributed by atoms with E-state index in [4.69, 9.17) is 11.6 Å². The van der Waals surface area contributed by atoms with Crippen molar-refractivity contribution in [1.82, 2.24) is 9.88 Å². The molecule has 0 bridgehead atoms. The number of hydrogen-bond donors (Lipinski definition) is 0. The number of fused-ring (bicyclic) bond motifs is 1. The average Bonchev–Trinajstić information content (AvgIpc) is 2.37. The van der Waals surface area contributed by atoms with Crippen molar-refractivity contribution >= 4 is 22.5 Å². The van der Waals surface area contributed by atoms with E-state index in [2.05, 4.69) is 41.2 Å². The quantitative estimate of drug-likeness (QED) is 0.791. The molecule has 0 N–H and O–H groups in total. The Balaban J connectivity index is 1.64. The summed E-state index contributed by atoms with van der Waals surface area (Å²) in [5, 5.41) is 1.64. The highest BCUT2D eigenvalue weighted by Gasteiger charge is 2.27. The first kappa shape index (κ1) is 12.9. The molecule has 0 saturated heterocycles. The maximum absolute atomic E-state index is 6.03. The van der Waals surface area contributed by atoms with E-state index in [0.717, 1.165) is 24.5 Å². The van der Waals surface area contributed by atoms with E-state index in [9.17, 15) is 0 Å². The summed E-state index contributed by atoms with van der Waals surface area (Å²) >= 11 is 6.03. The van der Waals surface area contributed by atoms with Crippen LogP contribution < -0.4 is 0 Å². The maximum Gasteiger partial charge on any atom is 0.0702 e. The van der Waals surface area contributed by atoms with Gasteiger partial charge in [0.1, 0.15) is 0 Å². The molecular formula is C16H19ClN2. The van der Waals surface area contributed by atoms with Gasteiger partial charge in [-0.05, 0) is 49.6 Å². The molecule has 1 saturated carbocycles. The van der Waals surface area contributed by atoms with Crippen molar-refractivity contribution in [2.75, 3.05) is 13.6 Å². The number of aromatic nitrogens is 1. The summed E-state index contributed by atoms with van der Waals surface area (Å²) in [5.41, 5.74) is 2.42. The van der Waals surface area contributed by atoms with Gasteiger partial charge in [-0.3, -0.25) is 4.98 Å². The Hall–Kier alpha value is -1.12. The number of rotatable bonds is 4. The lowest BCUT2D eigenvalue weighted by molar-refractivity contribution is 0.204. The number of pyridine rings is 1. The molecule has 3 heteroatoms. The topological polar surface area (TPSA) is 16.1 Å². The van der Waals surface area contributed by atoms with Gasteiger partial charge in [0, 0.05) is 30.0 Å². The van der Waals surface area contributed by atoms with Gasteiger partial charge in [-0.25, -0.2) is 0 Å². The van der Waals surface area contributed by atoms with Crippen molar-refractivity contribution in [1.29, 1.82) is 0 Å². The zero-order valence-corrected chi connectivity index (χ0v) is 12.0. The van der Waals surface area contributed by atoms with Gasteiger partial charge in [0.15, 0.2) is 0 Å². The largest absolute Gasteiger partial charge is 0.302 e. The van der Waals surface area contributed by atoms with Crippen molar-refractivity contribution in [3.63, 3.8) is 0 Å². The molecule has 2 aromatic rings. The van der Waals surface area contributed by atoms with Crippen LogP contribution in [0.1, 0.15) is 18.4 Å². The molecule has 2 nitrogen and oxygen atoms in total. The summed E-state index contributed by atoms with van der Waals surface area (Å²) in [4.78, 5) is 6.75. The lowest BCUT2D eigenvalue weighted by Crippen LogP contribution is -2.34. The Labute approximate surface area is 119 Å². The number of benzene rings is 1. The van der Waals surface area contributed by atoms with Gasteiger partial charge in [-0.15, -0.1) is 11.6 Å². The molecule has 1 heterocycles. The monoisotopic (exact) mass is 274 g/mol. The van der Waals surface area contributed by atoms with E-state index < -0.39 is 0 Å². The molecule has 100 valence electrons. The lowest BCUT2D eigenvalue weighted by Gasteiger charge is -2.34. The third kappa shape index (κ3) is 3.07. The van der Waals surface area contributed by atoms with E-state index in [1.54, 1.807) is 0 Å². The third-order valence-electron chi connectivity index (χ3n) is 3.87. The molecular weight excluding hydrogens is 256 g/mol. The molecule has 1 aliphatic rings. The summed E-state index contributed by atoms with van der Waals surface area (Å²) in [6.07, 6.45) is 4.19. The molecule has 1 aromatic heterocycles. The minimum atomic E-state index is 0.421. The maximum atomic E-state index is 6.03. The van der Waals surface area contributed by atoms with Gasteiger partial charge in [0.2, 0.25) is 0 Å². The molecule has 19 heavy (non-hydrogen) atoms. The SMILES string of the molecule is CN(Cc1ccc2ncccc2c1)CC1CC(Cl)C1. The van der Waals surface area contributed by atoms with Gasteiger partial charge in [-0.2, -0.15) is 0 Å². The molecule has 1 aromatic carbocycles. The summed E-state index contributed by atoms with van der Waals surface area (Å²) in [7, 11) is 2.19. The molecule has 3 rings (SSSR count). The smallest absolute Gasteiger partial charge is 0.0702 e. The molecule has 0 spiro atoms. The molecule has 0 amide bonds. The van der Waals surface area contributed by atoms with Crippen molar-refractivity contribution in [2.45, 2.75) is 24.8 Å². The van der Waals surface area contributed by atoms with Crippen LogP contribution in [0.15, 0.2) is 36.5 Å². The van der Waals surface area contributed by atoms with Gasteiger partial charge in [-0.1, -0.05) is 12.1 Å². The molecule has 0 aliphatic heterocycles. The third-order valence-corrected chi connectivity index (χ3v) is 4.22. The van der Waals surface area contributed by atoms with Crippen LogP contribution in [0.3, 0.4) is 0 Å². The van der Waals surface area contributed by atoms with Gasteiger partial charge >= 0.3 is 0 Å². The Bertz CT molecular complexity index is 563. The fraction of sp³-hybridized carbons (Fsp3) is 0.438. The predicted octanol–water partition coefficient (Wildman–Crippen LogP) is 3.68. The van der Waals surface area contributed by atoms with E-state index in [0.29, 0.717) is 5.38 Å². The highest BCUT2D eigenvalue weighted by atomic mass is 35.5. The fourth-order valence-electron chi connectivity index (χ4n) is 2.84. The number of hydrogen-bond acceptors (Lipinski definition) is 2. The summed E-state index contributed by atoms with van der Waals surface area (Å²) < 4.78 is 0. The molecule has 0 atom stereocenters. The molecule has 1 fully saturated rings. The second kappa shape index (κ2) is 5.48. The average molecular weight is 275 g/mol. The van der Waals surface area contributed by atoms with Gasteiger partial charge in [0.05, 0.1) is 5.52 Å². The zero-order chi connectivity index (χ0) is 13.2. The Kier molecular flexibility index (Phi) is 3.72. The molecule has 1 aliphatic carbocycles. The van der Waals surface area contributed by atoms with Crippen molar-refractivity contribution < 1.29 is 0 Å². The van der Waals surface area contributed by atoms with E-state index >= 15 is 0 Å². The van der Waals surface area contributed by atoms with Crippen LogP contribution in [0, 0.1) is 5.92 Å². The van der Waals surface area contributed by atoms with Crippen LogP contribution in [-0.2, 0) is 6.54 Å². The fourth-order valence-corrected chi connectivity index (χ4v) is 3.35.